The van der Waals surface area contributed by atoms with Crippen LogP contribution in [0.5, 0.6) is 5.75 Å². The van der Waals surface area contributed by atoms with E-state index in [0.29, 0.717) is 42.5 Å². The predicted octanol–water partition coefficient (Wildman–Crippen LogP) is 6.03. The smallest absolute Gasteiger partial charge is 0.320 e. The van der Waals surface area contributed by atoms with Crippen molar-refractivity contribution in [2.24, 2.45) is 0 Å². The molecule has 1 amide bonds. The van der Waals surface area contributed by atoms with E-state index in [4.69, 9.17) is 13.9 Å². The molecule has 242 valence electrons. The van der Waals surface area contributed by atoms with Gasteiger partial charge in [-0.1, -0.05) is 45.0 Å². The second-order valence-corrected chi connectivity index (χ2v) is 20.0. The summed E-state index contributed by atoms with van der Waals surface area (Å²) in [4.78, 5) is 29.8. The van der Waals surface area contributed by atoms with Crippen LogP contribution < -0.4 is 4.74 Å². The zero-order valence-corrected chi connectivity index (χ0v) is 29.1. The first-order chi connectivity index (χ1) is 21.2. The van der Waals surface area contributed by atoms with Gasteiger partial charge in [-0.05, 0) is 79.4 Å². The molecule has 11 heteroatoms. The van der Waals surface area contributed by atoms with Crippen LogP contribution >= 0.6 is 0 Å². The number of aromatic nitrogens is 1. The fourth-order valence-corrected chi connectivity index (χ4v) is 9.11. The Kier molecular flexibility index (Phi) is 8.84. The predicted molar refractivity (Wildman–Crippen MR) is 176 cm³/mol. The van der Waals surface area contributed by atoms with Crippen LogP contribution in [0.4, 0.5) is 0 Å². The fraction of sp³-hybridized carbons (Fsp3) is 0.471. The lowest BCUT2D eigenvalue weighted by atomic mass is 9.65. The third-order valence-electron chi connectivity index (χ3n) is 9.89. The number of fused-ring (bicyclic) bond motifs is 2. The second kappa shape index (κ2) is 12.1. The molecule has 0 spiro atoms. The van der Waals surface area contributed by atoms with Gasteiger partial charge in [0.15, 0.2) is 8.32 Å². The Bertz CT molecular complexity index is 1740. The number of amides is 1. The zero-order chi connectivity index (χ0) is 32.8. The molecule has 1 aliphatic heterocycles. The number of esters is 1. The van der Waals surface area contributed by atoms with Crippen LogP contribution in [0.25, 0.3) is 10.9 Å². The summed E-state index contributed by atoms with van der Waals surface area (Å²) in [7, 11) is -3.50. The lowest BCUT2D eigenvalue weighted by molar-refractivity contribution is -0.154. The number of ether oxygens (including phenoxy) is 2. The number of hydrogen-bond donors (Lipinski definition) is 0. The van der Waals surface area contributed by atoms with E-state index in [0.717, 1.165) is 5.57 Å². The Hall–Kier alpha value is -3.41. The summed E-state index contributed by atoms with van der Waals surface area (Å²) in [5, 5.41) is 0.653. The Labute approximate surface area is 267 Å². The summed E-state index contributed by atoms with van der Waals surface area (Å²) in [5.41, 5.74) is 0.187. The molecule has 2 aliphatic rings. The summed E-state index contributed by atoms with van der Waals surface area (Å²) >= 11 is 0. The average molecular weight is 653 g/mol. The summed E-state index contributed by atoms with van der Waals surface area (Å²) < 4.78 is 47.7. The monoisotopic (exact) mass is 652 g/mol. The molecule has 9 nitrogen and oxygen atoms in total. The van der Waals surface area contributed by atoms with E-state index in [1.165, 1.54) is 30.3 Å². The number of hydrogen-bond acceptors (Lipinski definition) is 7. The third-order valence-corrected chi connectivity index (χ3v) is 16.2. The van der Waals surface area contributed by atoms with Crippen molar-refractivity contribution in [2.45, 2.75) is 80.9 Å². The molecule has 1 aliphatic carbocycles. The number of benzene rings is 2. The molecule has 2 heterocycles. The van der Waals surface area contributed by atoms with E-state index in [9.17, 15) is 18.0 Å². The number of carbonyl (C=O) groups excluding carboxylic acids is 2. The SMILES string of the molecule is COC(=O)[C@]1(c2cc3ccccc3n2S(=O)(=O)c2ccc(OC)cc2)CCC=C2CCC(=O)N(CCO[Si](C)(C)C(C)(C)C)[C@@H]21. The molecule has 1 fully saturated rings. The fourth-order valence-electron chi connectivity index (χ4n) is 6.48. The number of allylic oxidation sites excluding steroid dienone is 1. The summed E-state index contributed by atoms with van der Waals surface area (Å²) in [6.07, 6.45) is 3.72. The molecule has 2 atom stereocenters. The Morgan fingerprint density at radius 1 is 1.04 bits per heavy atom. The van der Waals surface area contributed by atoms with Gasteiger partial charge in [0, 0.05) is 18.4 Å². The number of piperidine rings is 1. The van der Waals surface area contributed by atoms with Crippen molar-refractivity contribution < 1.29 is 31.9 Å². The molecule has 45 heavy (non-hydrogen) atoms. The minimum absolute atomic E-state index is 0.0126. The summed E-state index contributed by atoms with van der Waals surface area (Å²) in [6.45, 7) is 11.4. The first-order valence-corrected chi connectivity index (χ1v) is 19.8. The Morgan fingerprint density at radius 2 is 1.73 bits per heavy atom. The molecule has 2 aromatic carbocycles. The Balaban J connectivity index is 1.71. The largest absolute Gasteiger partial charge is 0.497 e. The molecule has 3 aromatic rings. The van der Waals surface area contributed by atoms with Crippen LogP contribution in [0, 0.1) is 0 Å². The summed E-state index contributed by atoms with van der Waals surface area (Å²) in [6, 6.07) is 14.4. The molecule has 0 radical (unpaired) electrons. The minimum atomic E-state index is -4.22. The van der Waals surface area contributed by atoms with E-state index in [2.05, 4.69) is 39.9 Å². The van der Waals surface area contributed by atoms with Crippen LogP contribution in [0.3, 0.4) is 0 Å². The molecule has 5 rings (SSSR count). The van der Waals surface area contributed by atoms with Crippen molar-refractivity contribution in [3.63, 3.8) is 0 Å². The molecule has 0 unspecified atom stereocenters. The van der Waals surface area contributed by atoms with Crippen LogP contribution in [0.15, 0.2) is 71.1 Å². The maximum atomic E-state index is 14.6. The molecule has 1 saturated heterocycles. The number of para-hydroxylation sites is 1. The van der Waals surface area contributed by atoms with E-state index in [-0.39, 0.29) is 34.5 Å². The minimum Gasteiger partial charge on any atom is -0.497 e. The maximum Gasteiger partial charge on any atom is 0.320 e. The van der Waals surface area contributed by atoms with E-state index < -0.39 is 35.8 Å². The highest BCUT2D eigenvalue weighted by atomic mass is 32.2. The van der Waals surface area contributed by atoms with Crippen molar-refractivity contribution in [1.82, 2.24) is 8.87 Å². The van der Waals surface area contributed by atoms with E-state index >= 15 is 0 Å². The van der Waals surface area contributed by atoms with Gasteiger partial charge < -0.3 is 18.8 Å². The van der Waals surface area contributed by atoms with Gasteiger partial charge >= 0.3 is 5.97 Å². The normalized spacial score (nSPS) is 21.0. The number of rotatable bonds is 9. The average Bonchev–Trinajstić information content (AvgIpc) is 3.42. The van der Waals surface area contributed by atoms with Crippen molar-refractivity contribution in [2.75, 3.05) is 27.4 Å². The van der Waals surface area contributed by atoms with Gasteiger partial charge in [-0.15, -0.1) is 0 Å². The molecule has 0 bridgehead atoms. The van der Waals surface area contributed by atoms with Crippen LogP contribution in [-0.2, 0) is 34.2 Å². The van der Waals surface area contributed by atoms with Crippen LogP contribution in [-0.4, -0.2) is 70.9 Å². The maximum absolute atomic E-state index is 14.6. The molecular weight excluding hydrogens is 609 g/mol. The Morgan fingerprint density at radius 3 is 2.38 bits per heavy atom. The van der Waals surface area contributed by atoms with Crippen molar-refractivity contribution in [1.29, 1.82) is 0 Å². The third kappa shape index (κ3) is 5.63. The van der Waals surface area contributed by atoms with Gasteiger partial charge in [0.1, 0.15) is 11.2 Å². The van der Waals surface area contributed by atoms with Gasteiger partial charge in [0.05, 0.1) is 43.0 Å². The van der Waals surface area contributed by atoms with Gasteiger partial charge in [0.2, 0.25) is 5.91 Å². The van der Waals surface area contributed by atoms with Gasteiger partial charge in [0.25, 0.3) is 10.0 Å². The van der Waals surface area contributed by atoms with Crippen molar-refractivity contribution in [3.8, 4) is 5.75 Å². The number of methoxy groups -OCH3 is 2. The molecule has 0 N–H and O–H groups in total. The van der Waals surface area contributed by atoms with E-state index in [1.54, 1.807) is 35.2 Å². The van der Waals surface area contributed by atoms with Crippen molar-refractivity contribution in [3.05, 3.63) is 71.9 Å². The topological polar surface area (TPSA) is 104 Å². The first-order valence-electron chi connectivity index (χ1n) is 15.4. The highest BCUT2D eigenvalue weighted by Gasteiger charge is 2.58. The lowest BCUT2D eigenvalue weighted by Crippen LogP contribution is -2.62. The highest BCUT2D eigenvalue weighted by Crippen LogP contribution is 2.49. The van der Waals surface area contributed by atoms with Crippen molar-refractivity contribution >= 4 is 41.1 Å². The molecule has 1 aromatic heterocycles. The van der Waals surface area contributed by atoms with Crippen LogP contribution in [0.2, 0.25) is 18.1 Å². The summed E-state index contributed by atoms with van der Waals surface area (Å²) in [5.74, 6) is -0.139. The number of likely N-dealkylation sites (tertiary alicyclic amines) is 1. The van der Waals surface area contributed by atoms with Crippen LogP contribution in [0.1, 0.15) is 52.1 Å². The van der Waals surface area contributed by atoms with Gasteiger partial charge in [-0.2, -0.15) is 0 Å². The number of carbonyl (C=O) groups is 2. The molecule has 0 saturated carbocycles. The zero-order valence-electron chi connectivity index (χ0n) is 27.3. The second-order valence-electron chi connectivity index (χ2n) is 13.4. The molecular formula is C34H44N2O7SSi. The standard InChI is InChI=1S/C34H44N2O7SSi/c1-33(2,3)45(6,7)43-22-21-35-30(37)19-14-24-12-10-20-34(31(24)35,32(38)42-5)29-23-25-11-8-9-13-28(25)36(29)44(39,40)27-17-15-26(41-4)16-18-27/h8-9,11-13,15-18,23,31H,10,14,19-22H2,1-7H3/t31-,34-/m0/s1. The van der Waals surface area contributed by atoms with Gasteiger partial charge in [-0.25, -0.2) is 12.4 Å². The first kappa shape index (κ1) is 33.0. The quantitative estimate of drug-likeness (QED) is 0.158. The number of nitrogens with zero attached hydrogens (tertiary/aromatic N) is 2. The lowest BCUT2D eigenvalue weighted by Gasteiger charge is -2.50. The highest BCUT2D eigenvalue weighted by molar-refractivity contribution is 7.90. The van der Waals surface area contributed by atoms with Gasteiger partial charge in [-0.3, -0.25) is 9.59 Å². The van der Waals surface area contributed by atoms with E-state index in [1.807, 2.05) is 12.1 Å².